The van der Waals surface area contributed by atoms with Gasteiger partial charge < -0.3 is 5.73 Å². The molecule has 0 amide bonds. The monoisotopic (exact) mass is 271 g/mol. The molecule has 1 aliphatic rings. The third-order valence-corrected chi connectivity index (χ3v) is 4.83. The molecule has 0 aromatic heterocycles. The minimum absolute atomic E-state index is 0.341. The van der Waals surface area contributed by atoms with Crippen LogP contribution in [-0.2, 0) is 0 Å². The molecule has 1 aromatic carbocycles. The average molecular weight is 272 g/mol. The van der Waals surface area contributed by atoms with Gasteiger partial charge in [0.15, 0.2) is 0 Å². The first kappa shape index (κ1) is 10.5. The van der Waals surface area contributed by atoms with E-state index in [-0.39, 0.29) is 0 Å². The zero-order valence-electron chi connectivity index (χ0n) is 8.00. The molecule has 0 radical (unpaired) electrons. The van der Waals surface area contributed by atoms with E-state index in [1.807, 2.05) is 11.8 Å². The van der Waals surface area contributed by atoms with Crippen molar-refractivity contribution in [3.63, 3.8) is 0 Å². The summed E-state index contributed by atoms with van der Waals surface area (Å²) in [7, 11) is 0. The van der Waals surface area contributed by atoms with Gasteiger partial charge in [-0.3, -0.25) is 0 Å². The molecule has 1 nitrogen and oxygen atoms in total. The molecule has 14 heavy (non-hydrogen) atoms. The van der Waals surface area contributed by atoms with Crippen molar-refractivity contribution >= 4 is 27.7 Å². The molecule has 0 saturated heterocycles. The second-order valence-corrected chi connectivity index (χ2v) is 6.25. The van der Waals surface area contributed by atoms with Gasteiger partial charge in [-0.1, -0.05) is 22.4 Å². The zero-order valence-corrected chi connectivity index (χ0v) is 10.4. The van der Waals surface area contributed by atoms with Gasteiger partial charge in [-0.25, -0.2) is 0 Å². The fourth-order valence-corrected chi connectivity index (χ4v) is 3.28. The molecule has 0 bridgehead atoms. The predicted octanol–water partition coefficient (Wildman–Crippen LogP) is 3.42. The van der Waals surface area contributed by atoms with Gasteiger partial charge in [-0.2, -0.15) is 0 Å². The van der Waals surface area contributed by atoms with Crippen LogP contribution in [0.3, 0.4) is 0 Å². The molecule has 1 fully saturated rings. The van der Waals surface area contributed by atoms with Crippen LogP contribution < -0.4 is 5.73 Å². The number of thioether (sulfide) groups is 1. The van der Waals surface area contributed by atoms with Crippen LogP contribution in [0.5, 0.6) is 0 Å². The maximum absolute atomic E-state index is 5.82. The van der Waals surface area contributed by atoms with Gasteiger partial charge in [0.25, 0.3) is 0 Å². The zero-order chi connectivity index (χ0) is 10.0. The van der Waals surface area contributed by atoms with Crippen LogP contribution in [0.2, 0.25) is 0 Å². The van der Waals surface area contributed by atoms with Crippen molar-refractivity contribution in [2.75, 3.05) is 6.54 Å². The van der Waals surface area contributed by atoms with Gasteiger partial charge >= 0.3 is 0 Å². The summed E-state index contributed by atoms with van der Waals surface area (Å²) in [5, 5.41) is 0. The summed E-state index contributed by atoms with van der Waals surface area (Å²) in [4.78, 5) is 1.33. The van der Waals surface area contributed by atoms with E-state index in [9.17, 15) is 0 Å². The topological polar surface area (TPSA) is 26.0 Å². The van der Waals surface area contributed by atoms with Crippen LogP contribution in [0.15, 0.2) is 33.6 Å². The highest BCUT2D eigenvalue weighted by molar-refractivity contribution is 9.10. The van der Waals surface area contributed by atoms with E-state index in [1.54, 1.807) is 0 Å². The normalized spacial score (nSPS) is 19.0. The Balaban J connectivity index is 2.06. The van der Waals surface area contributed by atoms with Crippen LogP contribution in [-0.4, -0.2) is 11.3 Å². The maximum Gasteiger partial charge on any atom is 0.0329 e. The maximum atomic E-state index is 5.82. The molecule has 0 spiro atoms. The molecule has 0 atom stereocenters. The third-order valence-electron chi connectivity index (χ3n) is 2.78. The Morgan fingerprint density at radius 1 is 1.29 bits per heavy atom. The summed E-state index contributed by atoms with van der Waals surface area (Å²) < 4.78 is 1.48. The van der Waals surface area contributed by atoms with E-state index in [4.69, 9.17) is 5.73 Å². The molecular formula is C11H14BrNS. The molecule has 2 rings (SSSR count). The Kier molecular flexibility index (Phi) is 3.20. The second-order valence-electron chi connectivity index (χ2n) is 3.80. The quantitative estimate of drug-likeness (QED) is 0.912. The molecule has 1 aliphatic carbocycles. The molecule has 0 aliphatic heterocycles. The second kappa shape index (κ2) is 4.25. The minimum Gasteiger partial charge on any atom is -0.329 e. The van der Waals surface area contributed by atoms with Crippen molar-refractivity contribution in [2.24, 2.45) is 5.73 Å². The van der Waals surface area contributed by atoms with Gasteiger partial charge in [0.2, 0.25) is 0 Å². The summed E-state index contributed by atoms with van der Waals surface area (Å²) >= 11 is 5.38. The smallest absolute Gasteiger partial charge is 0.0329 e. The van der Waals surface area contributed by atoms with Crippen LogP contribution in [0.4, 0.5) is 0 Å². The van der Waals surface area contributed by atoms with E-state index < -0.39 is 0 Å². The molecular weight excluding hydrogens is 258 g/mol. The molecule has 0 unspecified atom stereocenters. The average Bonchev–Trinajstić information content (AvgIpc) is 2.15. The molecule has 1 saturated carbocycles. The van der Waals surface area contributed by atoms with Gasteiger partial charge in [0, 0.05) is 20.7 Å². The Labute approximate surface area is 97.6 Å². The van der Waals surface area contributed by atoms with E-state index in [0.29, 0.717) is 4.75 Å². The van der Waals surface area contributed by atoms with Crippen molar-refractivity contribution in [2.45, 2.75) is 28.9 Å². The predicted molar refractivity (Wildman–Crippen MR) is 65.6 cm³/mol. The number of nitrogens with two attached hydrogens (primary N) is 1. The molecule has 3 heteroatoms. The van der Waals surface area contributed by atoms with Crippen LogP contribution in [0.1, 0.15) is 19.3 Å². The SMILES string of the molecule is NCC1(Sc2ccc(Br)cc2)CCC1. The Morgan fingerprint density at radius 3 is 2.36 bits per heavy atom. The number of hydrogen-bond donors (Lipinski definition) is 1. The summed E-state index contributed by atoms with van der Waals surface area (Å²) in [6, 6.07) is 8.49. The summed E-state index contributed by atoms with van der Waals surface area (Å²) in [6.07, 6.45) is 3.87. The van der Waals surface area contributed by atoms with Gasteiger partial charge in [-0.15, -0.1) is 11.8 Å². The number of halogens is 1. The number of hydrogen-bond acceptors (Lipinski definition) is 2. The van der Waals surface area contributed by atoms with Gasteiger partial charge in [0.1, 0.15) is 0 Å². The van der Waals surface area contributed by atoms with E-state index >= 15 is 0 Å². The molecule has 2 N–H and O–H groups in total. The first-order chi connectivity index (χ1) is 6.74. The van der Waals surface area contributed by atoms with Crippen molar-refractivity contribution < 1.29 is 0 Å². The summed E-state index contributed by atoms with van der Waals surface area (Å²) in [6.45, 7) is 0.799. The fourth-order valence-electron chi connectivity index (χ4n) is 1.67. The lowest BCUT2D eigenvalue weighted by molar-refractivity contribution is 0.371. The Bertz CT molecular complexity index is 300. The van der Waals surface area contributed by atoms with Gasteiger partial charge in [0.05, 0.1) is 0 Å². The summed E-state index contributed by atoms with van der Waals surface area (Å²) in [5.74, 6) is 0. The third kappa shape index (κ3) is 2.15. The van der Waals surface area contributed by atoms with Crippen LogP contribution in [0, 0.1) is 0 Å². The molecule has 1 aromatic rings. The molecule has 0 heterocycles. The van der Waals surface area contributed by atoms with E-state index in [0.717, 1.165) is 11.0 Å². The lowest BCUT2D eigenvalue weighted by Gasteiger charge is -2.40. The van der Waals surface area contributed by atoms with Gasteiger partial charge in [-0.05, 0) is 37.1 Å². The largest absolute Gasteiger partial charge is 0.329 e. The van der Waals surface area contributed by atoms with E-state index in [2.05, 4.69) is 40.2 Å². The first-order valence-corrected chi connectivity index (χ1v) is 6.50. The first-order valence-electron chi connectivity index (χ1n) is 4.89. The van der Waals surface area contributed by atoms with Crippen molar-refractivity contribution in [3.05, 3.63) is 28.7 Å². The molecule has 76 valence electrons. The Hall–Kier alpha value is 0.01000. The standard InChI is InChI=1S/C11H14BrNS/c12-9-2-4-10(5-3-9)14-11(8-13)6-1-7-11/h2-5H,1,6-8,13H2. The highest BCUT2D eigenvalue weighted by atomic mass is 79.9. The highest BCUT2D eigenvalue weighted by Gasteiger charge is 2.36. The van der Waals surface area contributed by atoms with E-state index in [1.165, 1.54) is 24.2 Å². The Morgan fingerprint density at radius 2 is 1.93 bits per heavy atom. The number of benzene rings is 1. The number of rotatable bonds is 3. The highest BCUT2D eigenvalue weighted by Crippen LogP contribution is 2.46. The lowest BCUT2D eigenvalue weighted by atomic mass is 9.84. The van der Waals surface area contributed by atoms with Crippen molar-refractivity contribution in [3.8, 4) is 0 Å². The van der Waals surface area contributed by atoms with Crippen LogP contribution in [0.25, 0.3) is 0 Å². The van der Waals surface area contributed by atoms with Crippen molar-refractivity contribution in [1.82, 2.24) is 0 Å². The minimum atomic E-state index is 0.341. The van der Waals surface area contributed by atoms with Crippen molar-refractivity contribution in [1.29, 1.82) is 0 Å². The summed E-state index contributed by atoms with van der Waals surface area (Å²) in [5.41, 5.74) is 5.82. The fraction of sp³-hybridized carbons (Fsp3) is 0.455. The lowest BCUT2D eigenvalue weighted by Crippen LogP contribution is -2.40. The van der Waals surface area contributed by atoms with Crippen LogP contribution >= 0.6 is 27.7 Å².